The molecule has 8 heteroatoms. The summed E-state index contributed by atoms with van der Waals surface area (Å²) >= 11 is 4.31. The number of carbonyl (C=O) groups is 2. The summed E-state index contributed by atoms with van der Waals surface area (Å²) in [6.45, 7) is 1.36. The lowest BCUT2D eigenvalue weighted by Crippen LogP contribution is -2.30. The van der Waals surface area contributed by atoms with Crippen LogP contribution in [0, 0.1) is 17.1 Å². The predicted octanol–water partition coefficient (Wildman–Crippen LogP) is 3.71. The smallest absolute Gasteiger partial charge is 0.341 e. The van der Waals surface area contributed by atoms with Gasteiger partial charge in [0.15, 0.2) is 6.10 Å². The molecule has 5 nitrogen and oxygen atoms in total. The van der Waals surface area contributed by atoms with Crippen molar-refractivity contribution in [2.24, 2.45) is 0 Å². The molecule has 1 heterocycles. The third-order valence-electron chi connectivity index (χ3n) is 2.82. The van der Waals surface area contributed by atoms with Crippen LogP contribution in [0.15, 0.2) is 34.1 Å². The van der Waals surface area contributed by atoms with Crippen LogP contribution < -0.4 is 5.32 Å². The molecule has 0 radical (unpaired) electrons. The lowest BCUT2D eigenvalue weighted by molar-refractivity contribution is -0.123. The summed E-state index contributed by atoms with van der Waals surface area (Å²) in [4.78, 5) is 23.9. The molecule has 1 amide bonds. The summed E-state index contributed by atoms with van der Waals surface area (Å²) in [6.07, 6.45) is -1.14. The summed E-state index contributed by atoms with van der Waals surface area (Å²) in [6, 6.07) is 7.34. The first-order chi connectivity index (χ1) is 10.9. The zero-order chi connectivity index (χ0) is 17.0. The Bertz CT molecular complexity index is 800. The normalized spacial score (nSPS) is 11.4. The SMILES string of the molecule is C[C@@H](OC(=O)c1cc(Br)ccc1F)C(=O)Nc1sccc1C#N. The predicted molar refractivity (Wildman–Crippen MR) is 86.6 cm³/mol. The Morgan fingerprint density at radius 2 is 2.17 bits per heavy atom. The van der Waals surface area contributed by atoms with Gasteiger partial charge >= 0.3 is 5.97 Å². The van der Waals surface area contributed by atoms with Gasteiger partial charge in [0.2, 0.25) is 0 Å². The number of nitriles is 1. The van der Waals surface area contributed by atoms with Gasteiger partial charge in [-0.1, -0.05) is 15.9 Å². The second-order valence-corrected chi connectivity index (χ2v) is 6.27. The largest absolute Gasteiger partial charge is 0.449 e. The van der Waals surface area contributed by atoms with Crippen LogP contribution in [-0.4, -0.2) is 18.0 Å². The monoisotopic (exact) mass is 396 g/mol. The number of hydrogen-bond donors (Lipinski definition) is 1. The molecule has 118 valence electrons. The second-order valence-electron chi connectivity index (χ2n) is 4.44. The van der Waals surface area contributed by atoms with Gasteiger partial charge in [-0.3, -0.25) is 4.79 Å². The third kappa shape index (κ3) is 4.15. The van der Waals surface area contributed by atoms with Gasteiger partial charge in [0, 0.05) is 4.47 Å². The Labute approximate surface area is 143 Å². The molecule has 1 atom stereocenters. The van der Waals surface area contributed by atoms with Crippen molar-refractivity contribution < 1.29 is 18.7 Å². The molecule has 23 heavy (non-hydrogen) atoms. The maximum atomic E-state index is 13.6. The van der Waals surface area contributed by atoms with Crippen LogP contribution in [0.3, 0.4) is 0 Å². The number of anilines is 1. The van der Waals surface area contributed by atoms with Crippen molar-refractivity contribution >= 4 is 44.1 Å². The van der Waals surface area contributed by atoms with Crippen molar-refractivity contribution in [1.82, 2.24) is 0 Å². The van der Waals surface area contributed by atoms with Gasteiger partial charge in [0.1, 0.15) is 16.9 Å². The highest BCUT2D eigenvalue weighted by Gasteiger charge is 2.22. The number of ether oxygens (including phenoxy) is 1. The van der Waals surface area contributed by atoms with Crippen molar-refractivity contribution in [2.45, 2.75) is 13.0 Å². The van der Waals surface area contributed by atoms with E-state index in [4.69, 9.17) is 10.00 Å². The van der Waals surface area contributed by atoms with Gasteiger partial charge in [-0.2, -0.15) is 5.26 Å². The van der Waals surface area contributed by atoms with Crippen molar-refractivity contribution in [3.8, 4) is 6.07 Å². The van der Waals surface area contributed by atoms with E-state index in [0.717, 1.165) is 6.07 Å². The van der Waals surface area contributed by atoms with Crippen LogP contribution in [0.4, 0.5) is 9.39 Å². The summed E-state index contributed by atoms with van der Waals surface area (Å²) in [5.41, 5.74) is 0.0489. The molecule has 0 saturated carbocycles. The Hall–Kier alpha value is -2.24. The molecule has 0 bridgehead atoms. The fourth-order valence-corrected chi connectivity index (χ4v) is 2.74. The maximum Gasteiger partial charge on any atom is 0.341 e. The van der Waals surface area contributed by atoms with E-state index < -0.39 is 23.8 Å². The molecule has 0 fully saturated rings. The molecule has 0 aliphatic heterocycles. The van der Waals surface area contributed by atoms with Crippen LogP contribution in [-0.2, 0) is 9.53 Å². The molecule has 2 rings (SSSR count). The number of carbonyl (C=O) groups excluding carboxylic acids is 2. The number of esters is 1. The third-order valence-corrected chi connectivity index (χ3v) is 4.15. The van der Waals surface area contributed by atoms with E-state index in [9.17, 15) is 14.0 Å². The fourth-order valence-electron chi connectivity index (χ4n) is 1.64. The fraction of sp³-hybridized carbons (Fsp3) is 0.133. The Kier molecular flexibility index (Phi) is 5.47. The average Bonchev–Trinajstić information content (AvgIpc) is 2.96. The highest BCUT2D eigenvalue weighted by Crippen LogP contribution is 2.23. The summed E-state index contributed by atoms with van der Waals surface area (Å²) in [7, 11) is 0. The molecule has 0 unspecified atom stereocenters. The number of halogens is 2. The number of benzene rings is 1. The Morgan fingerprint density at radius 1 is 1.43 bits per heavy atom. The summed E-state index contributed by atoms with van der Waals surface area (Å²) in [5.74, 6) is -2.29. The molecule has 2 aromatic rings. The molecule has 0 aliphatic rings. The van der Waals surface area contributed by atoms with E-state index >= 15 is 0 Å². The lowest BCUT2D eigenvalue weighted by atomic mass is 10.2. The van der Waals surface area contributed by atoms with Crippen LogP contribution in [0.5, 0.6) is 0 Å². The highest BCUT2D eigenvalue weighted by molar-refractivity contribution is 9.10. The van der Waals surface area contributed by atoms with Crippen LogP contribution >= 0.6 is 27.3 Å². The molecular weight excluding hydrogens is 387 g/mol. The molecule has 0 saturated heterocycles. The molecular formula is C15H10BrFN2O3S. The van der Waals surface area contributed by atoms with Gasteiger partial charge in [-0.05, 0) is 36.6 Å². The second kappa shape index (κ2) is 7.35. The van der Waals surface area contributed by atoms with E-state index in [1.54, 1.807) is 11.4 Å². The number of rotatable bonds is 4. The number of amides is 1. The molecule has 1 N–H and O–H groups in total. The average molecular weight is 397 g/mol. The van der Waals surface area contributed by atoms with Gasteiger partial charge in [-0.15, -0.1) is 11.3 Å². The minimum atomic E-state index is -1.14. The minimum absolute atomic E-state index is 0.270. The van der Waals surface area contributed by atoms with Crippen LogP contribution in [0.25, 0.3) is 0 Å². The Balaban J connectivity index is 2.05. The zero-order valence-electron chi connectivity index (χ0n) is 11.8. The Morgan fingerprint density at radius 3 is 2.87 bits per heavy atom. The standard InChI is InChI=1S/C15H10BrFN2O3S/c1-8(13(20)19-14-9(7-18)4-5-23-14)22-15(21)11-6-10(16)2-3-12(11)17/h2-6,8H,1H3,(H,19,20)/t8-/m1/s1. The number of hydrogen-bond acceptors (Lipinski definition) is 5. The topological polar surface area (TPSA) is 79.2 Å². The van der Waals surface area contributed by atoms with Crippen molar-refractivity contribution in [1.29, 1.82) is 5.26 Å². The number of nitrogens with zero attached hydrogens (tertiary/aromatic N) is 1. The first kappa shape index (κ1) is 17.1. The van der Waals surface area contributed by atoms with E-state index in [2.05, 4.69) is 21.2 Å². The van der Waals surface area contributed by atoms with Gasteiger partial charge in [0.25, 0.3) is 5.91 Å². The van der Waals surface area contributed by atoms with Crippen molar-refractivity contribution in [2.75, 3.05) is 5.32 Å². The van der Waals surface area contributed by atoms with Gasteiger partial charge in [-0.25, -0.2) is 9.18 Å². The van der Waals surface area contributed by atoms with E-state index in [-0.39, 0.29) is 5.56 Å². The quantitative estimate of drug-likeness (QED) is 0.798. The minimum Gasteiger partial charge on any atom is -0.449 e. The van der Waals surface area contributed by atoms with Crippen molar-refractivity contribution in [3.63, 3.8) is 0 Å². The summed E-state index contributed by atoms with van der Waals surface area (Å²) < 4.78 is 19.1. The first-order valence-corrected chi connectivity index (χ1v) is 8.04. The van der Waals surface area contributed by atoms with Crippen LogP contribution in [0.2, 0.25) is 0 Å². The van der Waals surface area contributed by atoms with Crippen molar-refractivity contribution in [3.05, 3.63) is 51.1 Å². The van der Waals surface area contributed by atoms with Gasteiger partial charge < -0.3 is 10.1 Å². The van der Waals surface area contributed by atoms with Crippen LogP contribution in [0.1, 0.15) is 22.8 Å². The number of nitrogens with one attached hydrogen (secondary N) is 1. The number of thiophene rings is 1. The maximum absolute atomic E-state index is 13.6. The van der Waals surface area contributed by atoms with E-state index in [1.807, 2.05) is 6.07 Å². The lowest BCUT2D eigenvalue weighted by Gasteiger charge is -2.13. The molecule has 1 aromatic heterocycles. The molecule has 0 aliphatic carbocycles. The first-order valence-electron chi connectivity index (χ1n) is 6.37. The van der Waals surface area contributed by atoms with E-state index in [0.29, 0.717) is 15.0 Å². The summed E-state index contributed by atoms with van der Waals surface area (Å²) in [5, 5.41) is 13.4. The van der Waals surface area contributed by atoms with E-state index in [1.165, 1.54) is 30.4 Å². The zero-order valence-corrected chi connectivity index (χ0v) is 14.2. The van der Waals surface area contributed by atoms with Gasteiger partial charge in [0.05, 0.1) is 11.1 Å². The highest BCUT2D eigenvalue weighted by atomic mass is 79.9. The molecule has 1 aromatic carbocycles. The molecule has 0 spiro atoms.